The van der Waals surface area contributed by atoms with Gasteiger partial charge >= 0.3 is 0 Å². The maximum absolute atomic E-state index is 11.7. The van der Waals surface area contributed by atoms with Crippen molar-refractivity contribution in [2.45, 2.75) is 30.5 Å². The minimum absolute atomic E-state index is 0.0553. The van der Waals surface area contributed by atoms with Crippen LogP contribution >= 0.6 is 27.5 Å². The summed E-state index contributed by atoms with van der Waals surface area (Å²) in [5.41, 5.74) is 0. The van der Waals surface area contributed by atoms with Crippen LogP contribution in [0, 0.1) is 5.92 Å². The van der Waals surface area contributed by atoms with Gasteiger partial charge in [0, 0.05) is 11.4 Å². The summed E-state index contributed by atoms with van der Waals surface area (Å²) in [6, 6.07) is 0. The van der Waals surface area contributed by atoms with Crippen LogP contribution in [0.2, 0.25) is 0 Å². The minimum atomic E-state index is -0.0553. The summed E-state index contributed by atoms with van der Waals surface area (Å²) in [6.45, 7) is 0.743. The molecule has 1 N–H and O–H groups in total. The van der Waals surface area contributed by atoms with Gasteiger partial charge in [-0.25, -0.2) is 0 Å². The molecule has 2 atom stereocenters. The average Bonchev–Trinajstić information content (AvgIpc) is 2.81. The quantitative estimate of drug-likeness (QED) is 0.871. The van der Waals surface area contributed by atoms with Crippen LogP contribution in [0.25, 0.3) is 0 Å². The summed E-state index contributed by atoms with van der Waals surface area (Å²) < 4.78 is 3.67. The van der Waals surface area contributed by atoms with E-state index in [-0.39, 0.29) is 5.91 Å². The lowest BCUT2D eigenvalue weighted by molar-refractivity contribution is 0.0948. The van der Waals surface area contributed by atoms with Gasteiger partial charge in [-0.05, 0) is 30.3 Å². The van der Waals surface area contributed by atoms with Gasteiger partial charge in [-0.3, -0.25) is 4.79 Å². The lowest BCUT2D eigenvalue weighted by Gasteiger charge is -2.27. The number of carbonyl (C=O) groups is 1. The van der Waals surface area contributed by atoms with Crippen molar-refractivity contribution in [3.8, 4) is 0 Å². The summed E-state index contributed by atoms with van der Waals surface area (Å²) in [5, 5.41) is 6.60. The van der Waals surface area contributed by atoms with E-state index in [1.165, 1.54) is 31.9 Å². The number of halogens is 1. The molecule has 0 saturated heterocycles. The zero-order chi connectivity index (χ0) is 11.4. The second-order valence-electron chi connectivity index (χ2n) is 4.05. The SMILES string of the molecule is O=C(NCC1CCCCC1Br)c1cnns1. The molecule has 0 radical (unpaired) electrons. The van der Waals surface area contributed by atoms with Crippen LogP contribution in [-0.2, 0) is 0 Å². The van der Waals surface area contributed by atoms with E-state index in [4.69, 9.17) is 0 Å². The topological polar surface area (TPSA) is 54.9 Å². The van der Waals surface area contributed by atoms with Gasteiger partial charge < -0.3 is 5.32 Å². The van der Waals surface area contributed by atoms with Crippen LogP contribution in [0.3, 0.4) is 0 Å². The van der Waals surface area contributed by atoms with E-state index in [0.29, 0.717) is 15.6 Å². The van der Waals surface area contributed by atoms with Crippen molar-refractivity contribution in [2.75, 3.05) is 6.54 Å². The van der Waals surface area contributed by atoms with E-state index in [2.05, 4.69) is 30.8 Å². The number of rotatable bonds is 3. The van der Waals surface area contributed by atoms with Crippen LogP contribution in [0.4, 0.5) is 0 Å². The molecule has 0 spiro atoms. The Morgan fingerprint density at radius 2 is 2.38 bits per heavy atom. The summed E-state index contributed by atoms with van der Waals surface area (Å²) in [4.78, 5) is 12.8. The highest BCUT2D eigenvalue weighted by Gasteiger charge is 2.23. The molecule has 2 unspecified atom stereocenters. The Labute approximate surface area is 107 Å². The lowest BCUT2D eigenvalue weighted by atomic mass is 9.89. The van der Waals surface area contributed by atoms with Crippen LogP contribution in [0.1, 0.15) is 35.4 Å². The Hall–Kier alpha value is -0.490. The van der Waals surface area contributed by atoms with Gasteiger partial charge in [0.25, 0.3) is 5.91 Å². The van der Waals surface area contributed by atoms with Gasteiger partial charge in [-0.15, -0.1) is 5.10 Å². The second-order valence-corrected chi connectivity index (χ2v) is 6.01. The predicted molar refractivity (Wildman–Crippen MR) is 66.9 cm³/mol. The first kappa shape index (κ1) is 12.0. The van der Waals surface area contributed by atoms with E-state index >= 15 is 0 Å². The molecule has 88 valence electrons. The molecule has 1 heterocycles. The van der Waals surface area contributed by atoms with Crippen molar-refractivity contribution >= 4 is 33.4 Å². The Morgan fingerprint density at radius 3 is 3.06 bits per heavy atom. The zero-order valence-corrected chi connectivity index (χ0v) is 11.3. The highest BCUT2D eigenvalue weighted by atomic mass is 79.9. The fourth-order valence-electron chi connectivity index (χ4n) is 1.97. The maximum atomic E-state index is 11.7. The summed E-state index contributed by atoms with van der Waals surface area (Å²) in [5.74, 6) is 0.499. The number of aromatic nitrogens is 2. The Bertz CT molecular complexity index is 344. The maximum Gasteiger partial charge on any atom is 0.264 e. The van der Waals surface area contributed by atoms with Crippen LogP contribution in [0.15, 0.2) is 6.20 Å². The van der Waals surface area contributed by atoms with Crippen molar-refractivity contribution in [3.63, 3.8) is 0 Å². The molecule has 1 aromatic heterocycles. The Balaban J connectivity index is 1.80. The normalized spacial score (nSPS) is 25.3. The molecule has 1 aliphatic carbocycles. The molecular formula is C10H14BrN3OS. The van der Waals surface area contributed by atoms with Crippen molar-refractivity contribution in [1.82, 2.24) is 14.9 Å². The third kappa shape index (κ3) is 3.01. The van der Waals surface area contributed by atoms with Crippen molar-refractivity contribution in [1.29, 1.82) is 0 Å². The van der Waals surface area contributed by atoms with Crippen LogP contribution in [0.5, 0.6) is 0 Å². The molecule has 1 saturated carbocycles. The number of hydrogen-bond donors (Lipinski definition) is 1. The molecule has 6 heteroatoms. The van der Waals surface area contributed by atoms with Crippen molar-refractivity contribution in [2.24, 2.45) is 5.92 Å². The molecule has 1 aliphatic rings. The fourth-order valence-corrected chi connectivity index (χ4v) is 3.18. The molecule has 16 heavy (non-hydrogen) atoms. The molecule has 1 aromatic rings. The van der Waals surface area contributed by atoms with Crippen molar-refractivity contribution in [3.05, 3.63) is 11.1 Å². The van der Waals surface area contributed by atoms with E-state index in [9.17, 15) is 4.79 Å². The number of carbonyl (C=O) groups excluding carboxylic acids is 1. The average molecular weight is 304 g/mol. The van der Waals surface area contributed by atoms with Gasteiger partial charge in [-0.1, -0.05) is 33.3 Å². The van der Waals surface area contributed by atoms with Gasteiger partial charge in [0.15, 0.2) is 0 Å². The highest BCUT2D eigenvalue weighted by molar-refractivity contribution is 9.09. The Morgan fingerprint density at radius 1 is 1.56 bits per heavy atom. The van der Waals surface area contributed by atoms with Gasteiger partial charge in [0.2, 0.25) is 0 Å². The number of nitrogens with zero attached hydrogens (tertiary/aromatic N) is 2. The molecule has 1 amide bonds. The molecule has 0 bridgehead atoms. The van der Waals surface area contributed by atoms with E-state index in [1.807, 2.05) is 0 Å². The standard InChI is InChI=1S/C10H14BrN3OS/c11-8-4-2-1-3-7(8)5-12-10(15)9-6-13-14-16-9/h6-8H,1-5H2,(H,12,15). The second kappa shape index (κ2) is 5.72. The van der Waals surface area contributed by atoms with E-state index < -0.39 is 0 Å². The van der Waals surface area contributed by atoms with E-state index in [0.717, 1.165) is 18.1 Å². The predicted octanol–water partition coefficient (Wildman–Crippen LogP) is 2.22. The third-order valence-corrected chi connectivity index (χ3v) is 4.80. The van der Waals surface area contributed by atoms with Crippen molar-refractivity contribution < 1.29 is 4.79 Å². The molecule has 2 rings (SSSR count). The first-order valence-corrected chi connectivity index (χ1v) is 7.16. The Kier molecular flexibility index (Phi) is 4.29. The molecule has 0 aliphatic heterocycles. The van der Waals surface area contributed by atoms with Gasteiger partial charge in [-0.2, -0.15) is 0 Å². The molecular weight excluding hydrogens is 290 g/mol. The highest BCUT2D eigenvalue weighted by Crippen LogP contribution is 2.29. The number of hydrogen-bond acceptors (Lipinski definition) is 4. The molecule has 1 fully saturated rings. The van der Waals surface area contributed by atoms with Crippen LogP contribution < -0.4 is 5.32 Å². The summed E-state index contributed by atoms with van der Waals surface area (Å²) in [6.07, 6.45) is 6.47. The summed E-state index contributed by atoms with van der Waals surface area (Å²) >= 11 is 4.81. The third-order valence-electron chi connectivity index (χ3n) is 2.93. The van der Waals surface area contributed by atoms with Crippen LogP contribution in [-0.4, -0.2) is 26.9 Å². The number of amides is 1. The molecule has 4 nitrogen and oxygen atoms in total. The monoisotopic (exact) mass is 303 g/mol. The first-order chi connectivity index (χ1) is 7.77. The fraction of sp³-hybridized carbons (Fsp3) is 0.700. The summed E-state index contributed by atoms with van der Waals surface area (Å²) in [7, 11) is 0. The number of alkyl halides is 1. The largest absolute Gasteiger partial charge is 0.351 e. The number of nitrogens with one attached hydrogen (secondary N) is 1. The molecule has 0 aromatic carbocycles. The van der Waals surface area contributed by atoms with Gasteiger partial charge in [0.1, 0.15) is 4.88 Å². The van der Waals surface area contributed by atoms with E-state index in [1.54, 1.807) is 0 Å². The smallest absolute Gasteiger partial charge is 0.264 e. The first-order valence-electron chi connectivity index (χ1n) is 5.47. The van der Waals surface area contributed by atoms with Gasteiger partial charge in [0.05, 0.1) is 6.20 Å². The minimum Gasteiger partial charge on any atom is -0.351 e. The lowest BCUT2D eigenvalue weighted by Crippen LogP contribution is -2.34. The zero-order valence-electron chi connectivity index (χ0n) is 8.86.